The summed E-state index contributed by atoms with van der Waals surface area (Å²) in [5.74, 6) is -1.08. The molecule has 2 aromatic rings. The van der Waals surface area contributed by atoms with E-state index >= 15 is 0 Å². The summed E-state index contributed by atoms with van der Waals surface area (Å²) in [6, 6.07) is 14.2. The van der Waals surface area contributed by atoms with Gasteiger partial charge in [-0.1, -0.05) is 55.5 Å². The highest BCUT2D eigenvalue weighted by Gasteiger charge is 2.30. The summed E-state index contributed by atoms with van der Waals surface area (Å²) in [5.41, 5.74) is 4.47. The molecule has 0 aliphatic heterocycles. The molecule has 0 heterocycles. The molecule has 0 bridgehead atoms. The predicted molar refractivity (Wildman–Crippen MR) is 125 cm³/mol. The number of benzene rings is 2. The first kappa shape index (κ1) is 23.7. The van der Waals surface area contributed by atoms with Crippen molar-refractivity contribution in [3.63, 3.8) is 0 Å². The van der Waals surface area contributed by atoms with Crippen LogP contribution in [-0.4, -0.2) is 53.8 Å². The molecule has 1 aliphatic rings. The Hall–Kier alpha value is -3.00. The number of hydrogen-bond donors (Lipinski definition) is 3. The van der Waals surface area contributed by atoms with Gasteiger partial charge in [0.05, 0.1) is 0 Å². The summed E-state index contributed by atoms with van der Waals surface area (Å²) >= 11 is 1.54. The first-order chi connectivity index (χ1) is 15.5. The Morgan fingerprint density at radius 3 is 2.12 bits per heavy atom. The van der Waals surface area contributed by atoms with E-state index in [4.69, 9.17) is 4.74 Å². The first-order valence-corrected chi connectivity index (χ1v) is 12.0. The van der Waals surface area contributed by atoms with Crippen LogP contribution in [0.1, 0.15) is 36.8 Å². The molecule has 0 spiro atoms. The van der Waals surface area contributed by atoms with Crippen molar-refractivity contribution in [3.05, 3.63) is 59.7 Å². The van der Waals surface area contributed by atoms with Gasteiger partial charge in [-0.15, -0.1) is 0 Å². The minimum atomic E-state index is -1.11. The average molecular weight is 457 g/mol. The number of nitrogens with one attached hydrogen (secondary N) is 2. The van der Waals surface area contributed by atoms with Crippen LogP contribution in [0.25, 0.3) is 11.1 Å². The summed E-state index contributed by atoms with van der Waals surface area (Å²) in [6.07, 6.45) is 1.82. The van der Waals surface area contributed by atoms with Crippen molar-refractivity contribution in [1.82, 2.24) is 10.6 Å². The largest absolute Gasteiger partial charge is 0.480 e. The third kappa shape index (κ3) is 5.43. The summed E-state index contributed by atoms with van der Waals surface area (Å²) in [5, 5.41) is 14.3. The molecule has 0 aromatic heterocycles. The Bertz CT molecular complexity index is 935. The number of carboxylic acid groups (broad SMARTS) is 1. The lowest BCUT2D eigenvalue weighted by molar-refractivity contribution is -0.142. The monoisotopic (exact) mass is 456 g/mol. The summed E-state index contributed by atoms with van der Waals surface area (Å²) in [4.78, 5) is 36.4. The van der Waals surface area contributed by atoms with Crippen LogP contribution >= 0.6 is 11.8 Å². The molecule has 0 saturated heterocycles. The zero-order chi connectivity index (χ0) is 23.1. The van der Waals surface area contributed by atoms with Crippen LogP contribution in [0, 0.1) is 0 Å². The van der Waals surface area contributed by atoms with E-state index in [2.05, 4.69) is 22.8 Å². The van der Waals surface area contributed by atoms with Gasteiger partial charge in [0.2, 0.25) is 5.91 Å². The molecule has 170 valence electrons. The number of carbonyl (C=O) groups excluding carboxylic acids is 2. The van der Waals surface area contributed by atoms with E-state index in [0.717, 1.165) is 22.3 Å². The molecule has 7 nitrogen and oxygen atoms in total. The molecule has 2 amide bonds. The second-order valence-corrected chi connectivity index (χ2v) is 8.60. The molecule has 2 atom stereocenters. The molecule has 2 aromatic carbocycles. The zero-order valence-electron chi connectivity index (χ0n) is 18.2. The number of fused-ring (bicyclic) bond motifs is 3. The second-order valence-electron chi connectivity index (χ2n) is 7.61. The van der Waals surface area contributed by atoms with Gasteiger partial charge >= 0.3 is 12.1 Å². The molecule has 3 rings (SSSR count). The van der Waals surface area contributed by atoms with Crippen molar-refractivity contribution in [2.75, 3.05) is 18.6 Å². The molecular formula is C24H28N2O5S. The molecule has 8 heteroatoms. The van der Waals surface area contributed by atoms with Crippen molar-refractivity contribution < 1.29 is 24.2 Å². The van der Waals surface area contributed by atoms with Crippen LogP contribution in [0.3, 0.4) is 0 Å². The number of amides is 2. The van der Waals surface area contributed by atoms with E-state index < -0.39 is 30.1 Å². The van der Waals surface area contributed by atoms with Crippen molar-refractivity contribution in [1.29, 1.82) is 0 Å². The van der Waals surface area contributed by atoms with Crippen LogP contribution in [-0.2, 0) is 14.3 Å². The maximum absolute atomic E-state index is 12.6. The average Bonchev–Trinajstić information content (AvgIpc) is 3.12. The topological polar surface area (TPSA) is 105 Å². The Labute approximate surface area is 191 Å². The molecule has 3 N–H and O–H groups in total. The fraction of sp³-hybridized carbons (Fsp3) is 0.375. The van der Waals surface area contributed by atoms with Crippen LogP contribution in [0.5, 0.6) is 0 Å². The lowest BCUT2D eigenvalue weighted by atomic mass is 9.98. The van der Waals surface area contributed by atoms with Crippen molar-refractivity contribution in [2.45, 2.75) is 37.8 Å². The number of carbonyl (C=O) groups is 3. The third-order valence-electron chi connectivity index (χ3n) is 5.59. The SMILES string of the molecule is CC[C@@H](NC(=O)[C@@H](CCSC)NC(=O)OCC1c2ccccc2-c2ccccc21)C(=O)O. The first-order valence-electron chi connectivity index (χ1n) is 10.6. The van der Waals surface area contributed by atoms with Gasteiger partial charge in [-0.2, -0.15) is 11.8 Å². The molecule has 32 heavy (non-hydrogen) atoms. The van der Waals surface area contributed by atoms with E-state index in [0.29, 0.717) is 12.2 Å². The standard InChI is InChI=1S/C24H28N2O5S/c1-3-20(23(28)29)25-22(27)21(12-13-32-2)26-24(30)31-14-19-17-10-6-4-8-15(17)16-9-5-7-11-18(16)19/h4-11,19-21H,3,12-14H2,1-2H3,(H,25,27)(H,26,30)(H,28,29)/t20-,21-/m1/s1. The van der Waals surface area contributed by atoms with Gasteiger partial charge in [0.15, 0.2) is 0 Å². The number of aliphatic carboxylic acids is 1. The highest BCUT2D eigenvalue weighted by atomic mass is 32.2. The lowest BCUT2D eigenvalue weighted by Crippen LogP contribution is -2.51. The van der Waals surface area contributed by atoms with E-state index in [9.17, 15) is 19.5 Å². The minimum absolute atomic E-state index is 0.0805. The van der Waals surface area contributed by atoms with E-state index in [1.54, 1.807) is 6.92 Å². The quantitative estimate of drug-likeness (QED) is 0.504. The molecule has 0 saturated carbocycles. The fourth-order valence-corrected chi connectivity index (χ4v) is 4.37. The van der Waals surface area contributed by atoms with Gasteiger partial charge in [0.1, 0.15) is 18.7 Å². The smallest absolute Gasteiger partial charge is 0.407 e. The van der Waals surface area contributed by atoms with Gasteiger partial charge in [-0.25, -0.2) is 9.59 Å². The van der Waals surface area contributed by atoms with E-state index in [1.807, 2.05) is 42.7 Å². The fourth-order valence-electron chi connectivity index (χ4n) is 3.90. The maximum atomic E-state index is 12.6. The summed E-state index contributed by atoms with van der Waals surface area (Å²) in [6.45, 7) is 1.82. The Balaban J connectivity index is 1.65. The highest BCUT2D eigenvalue weighted by molar-refractivity contribution is 7.98. The normalized spacial score (nSPS) is 14.1. The number of alkyl carbamates (subject to hydrolysis) is 1. The van der Waals surface area contributed by atoms with Crippen LogP contribution in [0.4, 0.5) is 4.79 Å². The molecule has 1 aliphatic carbocycles. The van der Waals surface area contributed by atoms with Crippen molar-refractivity contribution >= 4 is 29.7 Å². The van der Waals surface area contributed by atoms with Gasteiger partial charge in [0.25, 0.3) is 0 Å². The molecule has 0 unspecified atom stereocenters. The van der Waals surface area contributed by atoms with Crippen LogP contribution in [0.2, 0.25) is 0 Å². The number of ether oxygens (including phenoxy) is 1. The lowest BCUT2D eigenvalue weighted by Gasteiger charge is -2.21. The second kappa shape index (κ2) is 11.0. The summed E-state index contributed by atoms with van der Waals surface area (Å²) in [7, 11) is 0. The maximum Gasteiger partial charge on any atom is 0.407 e. The summed E-state index contributed by atoms with van der Waals surface area (Å²) < 4.78 is 5.53. The number of carboxylic acids is 1. The van der Waals surface area contributed by atoms with E-state index in [-0.39, 0.29) is 18.9 Å². The Morgan fingerprint density at radius 1 is 1.00 bits per heavy atom. The molecule has 0 radical (unpaired) electrons. The Kier molecular flexibility index (Phi) is 8.16. The van der Waals surface area contributed by atoms with Crippen LogP contribution < -0.4 is 10.6 Å². The van der Waals surface area contributed by atoms with E-state index in [1.165, 1.54) is 11.8 Å². The predicted octanol–water partition coefficient (Wildman–Crippen LogP) is 3.63. The van der Waals surface area contributed by atoms with Gasteiger partial charge < -0.3 is 20.5 Å². The highest BCUT2D eigenvalue weighted by Crippen LogP contribution is 2.44. The molecular weight excluding hydrogens is 428 g/mol. The Morgan fingerprint density at radius 2 is 1.59 bits per heavy atom. The van der Waals surface area contributed by atoms with Crippen molar-refractivity contribution in [3.8, 4) is 11.1 Å². The number of hydrogen-bond acceptors (Lipinski definition) is 5. The van der Waals surface area contributed by atoms with Crippen LogP contribution in [0.15, 0.2) is 48.5 Å². The number of rotatable bonds is 10. The van der Waals surface area contributed by atoms with Gasteiger partial charge in [0, 0.05) is 5.92 Å². The molecule has 0 fully saturated rings. The minimum Gasteiger partial charge on any atom is -0.480 e. The van der Waals surface area contributed by atoms with Gasteiger partial charge in [-0.3, -0.25) is 4.79 Å². The number of thioether (sulfide) groups is 1. The zero-order valence-corrected chi connectivity index (χ0v) is 19.0. The van der Waals surface area contributed by atoms with Gasteiger partial charge in [-0.05, 0) is 47.1 Å². The van der Waals surface area contributed by atoms with Crippen molar-refractivity contribution in [2.24, 2.45) is 0 Å². The third-order valence-corrected chi connectivity index (χ3v) is 6.23.